The molecule has 0 radical (unpaired) electrons. The second-order valence-electron chi connectivity index (χ2n) is 4.68. The molecule has 0 fully saturated rings. The third-order valence-electron chi connectivity index (χ3n) is 2.69. The lowest BCUT2D eigenvalue weighted by atomic mass is 10.3. The second-order valence-corrected chi connectivity index (χ2v) is 6.69. The van der Waals surface area contributed by atoms with E-state index in [0.29, 0.717) is 5.75 Å². The highest BCUT2D eigenvalue weighted by Gasteiger charge is 2.26. The minimum absolute atomic E-state index is 0.0156. The molecule has 0 atom stereocenters. The monoisotopic (exact) mass is 336 g/mol. The van der Waals surface area contributed by atoms with Gasteiger partial charge in [-0.15, -0.1) is 0 Å². The highest BCUT2D eigenvalue weighted by atomic mass is 32.2. The molecule has 0 aliphatic rings. The van der Waals surface area contributed by atoms with Crippen LogP contribution in [0.5, 0.6) is 5.75 Å². The Hall–Kier alpha value is -1.74. The van der Waals surface area contributed by atoms with E-state index >= 15 is 0 Å². The zero-order valence-corrected chi connectivity index (χ0v) is 12.8. The van der Waals surface area contributed by atoms with Gasteiger partial charge in [-0.2, -0.15) is 0 Å². The van der Waals surface area contributed by atoms with Crippen molar-refractivity contribution in [2.45, 2.75) is 17.2 Å². The Labute approximate surface area is 127 Å². The van der Waals surface area contributed by atoms with Gasteiger partial charge in [0, 0.05) is 6.26 Å². The molecule has 1 aromatic rings. The fraction of sp³-hybridized carbons (Fsp3) is 0.462. The zero-order valence-electron chi connectivity index (χ0n) is 12.0. The molecule has 0 heterocycles. The smallest absolute Gasteiger partial charge is 0.277 e. The fourth-order valence-corrected chi connectivity index (χ4v) is 2.06. The van der Waals surface area contributed by atoms with Crippen LogP contribution >= 0.6 is 0 Å². The van der Waals surface area contributed by atoms with Gasteiger partial charge in [0.25, 0.3) is 5.92 Å². The Kier molecular flexibility index (Phi) is 6.24. The molecule has 1 amide bonds. The van der Waals surface area contributed by atoms with Crippen LogP contribution < -0.4 is 15.8 Å². The number of nitrogens with one attached hydrogen (secondary N) is 1. The van der Waals surface area contributed by atoms with Gasteiger partial charge in [0.05, 0.1) is 31.0 Å². The lowest BCUT2D eigenvalue weighted by Crippen LogP contribution is -2.41. The molecule has 0 saturated heterocycles. The van der Waals surface area contributed by atoms with Gasteiger partial charge in [-0.3, -0.25) is 4.79 Å². The van der Waals surface area contributed by atoms with Crippen molar-refractivity contribution >= 4 is 15.7 Å². The normalized spacial score (nSPS) is 12.0. The topological polar surface area (TPSA) is 98.5 Å². The molecule has 0 aromatic heterocycles. The molecule has 0 saturated carbocycles. The standard InChI is InChI=1S/C13H18F2N2O4S/c1-22(19,20)11-4-2-10(3-5-11)21-7-6-12(18)17-9-13(14,15)8-16/h2-5H,6-9,16H2,1H3,(H,17,18). The first-order valence-corrected chi connectivity index (χ1v) is 8.31. The highest BCUT2D eigenvalue weighted by Crippen LogP contribution is 2.16. The number of benzene rings is 1. The van der Waals surface area contributed by atoms with Crippen molar-refractivity contribution < 1.29 is 26.7 Å². The van der Waals surface area contributed by atoms with Crippen LogP contribution in [-0.4, -0.2) is 46.2 Å². The summed E-state index contributed by atoms with van der Waals surface area (Å²) in [6, 6.07) is 5.67. The summed E-state index contributed by atoms with van der Waals surface area (Å²) in [7, 11) is -3.28. The minimum atomic E-state index is -3.28. The number of alkyl halides is 2. The van der Waals surface area contributed by atoms with E-state index in [1.165, 1.54) is 24.3 Å². The SMILES string of the molecule is CS(=O)(=O)c1ccc(OCCC(=O)NCC(F)(F)CN)cc1. The molecule has 0 unspecified atom stereocenters. The first-order valence-electron chi connectivity index (χ1n) is 6.41. The van der Waals surface area contributed by atoms with E-state index in [0.717, 1.165) is 6.26 Å². The fourth-order valence-electron chi connectivity index (χ4n) is 1.43. The summed E-state index contributed by atoms with van der Waals surface area (Å²) in [6.45, 7) is -1.67. The van der Waals surface area contributed by atoms with Gasteiger partial charge in [0.2, 0.25) is 5.91 Å². The van der Waals surface area contributed by atoms with E-state index < -0.39 is 34.8 Å². The van der Waals surface area contributed by atoms with Crippen LogP contribution in [0.3, 0.4) is 0 Å². The van der Waals surface area contributed by atoms with Crippen LogP contribution in [-0.2, 0) is 14.6 Å². The molecule has 3 N–H and O–H groups in total. The predicted octanol–water partition coefficient (Wildman–Crippen LogP) is 0.569. The maximum absolute atomic E-state index is 12.8. The number of carbonyl (C=O) groups is 1. The summed E-state index contributed by atoms with van der Waals surface area (Å²) >= 11 is 0. The van der Waals surface area contributed by atoms with Crippen molar-refractivity contribution in [2.75, 3.05) is 26.0 Å². The quantitative estimate of drug-likeness (QED) is 0.723. The van der Waals surface area contributed by atoms with Gasteiger partial charge in [-0.25, -0.2) is 17.2 Å². The number of ether oxygens (including phenoxy) is 1. The zero-order chi connectivity index (χ0) is 16.8. The van der Waals surface area contributed by atoms with E-state index in [9.17, 15) is 22.0 Å². The van der Waals surface area contributed by atoms with Gasteiger partial charge in [0.15, 0.2) is 9.84 Å². The molecule has 0 aliphatic heterocycles. The largest absolute Gasteiger partial charge is 0.493 e. The molecule has 1 rings (SSSR count). The Balaban J connectivity index is 2.37. The van der Waals surface area contributed by atoms with Gasteiger partial charge in [0.1, 0.15) is 5.75 Å². The number of rotatable bonds is 8. The highest BCUT2D eigenvalue weighted by molar-refractivity contribution is 7.90. The molecular weight excluding hydrogens is 318 g/mol. The predicted molar refractivity (Wildman–Crippen MR) is 76.7 cm³/mol. The number of sulfone groups is 1. The summed E-state index contributed by atoms with van der Waals surface area (Å²) in [4.78, 5) is 11.5. The maximum Gasteiger partial charge on any atom is 0.277 e. The van der Waals surface area contributed by atoms with Gasteiger partial charge < -0.3 is 15.8 Å². The Morgan fingerprint density at radius 3 is 2.41 bits per heavy atom. The summed E-state index contributed by atoms with van der Waals surface area (Å²) in [6.07, 6.45) is 0.985. The summed E-state index contributed by atoms with van der Waals surface area (Å²) in [5, 5.41) is 2.06. The third-order valence-corrected chi connectivity index (χ3v) is 3.82. The molecule has 6 nitrogen and oxygen atoms in total. The lowest BCUT2D eigenvalue weighted by Gasteiger charge is -2.14. The van der Waals surface area contributed by atoms with Crippen molar-refractivity contribution in [2.24, 2.45) is 5.73 Å². The molecule has 0 aliphatic carbocycles. The minimum Gasteiger partial charge on any atom is -0.493 e. The van der Waals surface area contributed by atoms with E-state index in [-0.39, 0.29) is 17.9 Å². The molecular formula is C13H18F2N2O4S. The lowest BCUT2D eigenvalue weighted by molar-refractivity contribution is -0.123. The van der Waals surface area contributed by atoms with Crippen molar-refractivity contribution in [1.82, 2.24) is 5.32 Å². The van der Waals surface area contributed by atoms with Gasteiger partial charge in [-0.1, -0.05) is 0 Å². The Morgan fingerprint density at radius 1 is 1.32 bits per heavy atom. The van der Waals surface area contributed by atoms with Crippen LogP contribution in [0.2, 0.25) is 0 Å². The summed E-state index contributed by atoms with van der Waals surface area (Å²) in [5.74, 6) is -3.33. The number of amides is 1. The van der Waals surface area contributed by atoms with Crippen molar-refractivity contribution in [3.05, 3.63) is 24.3 Å². The second kappa shape index (κ2) is 7.50. The van der Waals surface area contributed by atoms with E-state index in [1.807, 2.05) is 0 Å². The van der Waals surface area contributed by atoms with Crippen molar-refractivity contribution in [3.63, 3.8) is 0 Å². The number of nitrogens with two attached hydrogens (primary N) is 1. The molecule has 1 aromatic carbocycles. The van der Waals surface area contributed by atoms with Crippen molar-refractivity contribution in [3.8, 4) is 5.75 Å². The molecule has 124 valence electrons. The number of carbonyl (C=O) groups excluding carboxylic acids is 1. The van der Waals surface area contributed by atoms with Crippen LogP contribution in [0.15, 0.2) is 29.2 Å². The maximum atomic E-state index is 12.8. The molecule has 22 heavy (non-hydrogen) atoms. The van der Waals surface area contributed by atoms with E-state index in [4.69, 9.17) is 10.5 Å². The molecule has 0 spiro atoms. The number of hydrogen-bond donors (Lipinski definition) is 2. The van der Waals surface area contributed by atoms with Crippen molar-refractivity contribution in [1.29, 1.82) is 0 Å². The van der Waals surface area contributed by atoms with E-state index in [2.05, 4.69) is 5.32 Å². The summed E-state index contributed by atoms with van der Waals surface area (Å²) in [5.41, 5.74) is 4.84. The van der Waals surface area contributed by atoms with Crippen LogP contribution in [0.1, 0.15) is 6.42 Å². The first-order chi connectivity index (χ1) is 10.1. The van der Waals surface area contributed by atoms with Crippen LogP contribution in [0.25, 0.3) is 0 Å². The first kappa shape index (κ1) is 18.3. The third kappa shape index (κ3) is 6.35. The summed E-state index contributed by atoms with van der Waals surface area (Å²) < 4.78 is 53.4. The average Bonchev–Trinajstić information content (AvgIpc) is 2.45. The molecule has 0 bridgehead atoms. The number of halogens is 2. The number of hydrogen-bond acceptors (Lipinski definition) is 5. The Morgan fingerprint density at radius 2 is 1.91 bits per heavy atom. The van der Waals surface area contributed by atoms with E-state index in [1.54, 1.807) is 0 Å². The van der Waals surface area contributed by atoms with Crippen LogP contribution in [0.4, 0.5) is 8.78 Å². The van der Waals surface area contributed by atoms with Gasteiger partial charge >= 0.3 is 0 Å². The molecule has 9 heteroatoms. The van der Waals surface area contributed by atoms with Crippen LogP contribution in [0, 0.1) is 0 Å². The Bertz CT molecular complexity index is 603. The van der Waals surface area contributed by atoms with Gasteiger partial charge in [-0.05, 0) is 24.3 Å². The average molecular weight is 336 g/mol.